The minimum atomic E-state index is -3.63. The van der Waals surface area contributed by atoms with Crippen LogP contribution in [0.25, 0.3) is 0 Å². The molecule has 152 valence electrons. The number of carbonyl (C=O) groups excluding carboxylic acids is 1. The molecular weight excluding hydrogens is 400 g/mol. The van der Waals surface area contributed by atoms with Gasteiger partial charge in [-0.15, -0.1) is 0 Å². The minimum Gasteiger partial charge on any atom is -0.495 e. The van der Waals surface area contributed by atoms with Crippen LogP contribution in [0.4, 0.5) is 5.69 Å². The molecule has 0 bridgehead atoms. The molecule has 0 aliphatic heterocycles. The number of benzene rings is 2. The topological polar surface area (TPSA) is 75.7 Å². The maximum atomic E-state index is 12.7. The van der Waals surface area contributed by atoms with Crippen LogP contribution in [0.5, 0.6) is 5.75 Å². The first-order chi connectivity index (χ1) is 13.3. The van der Waals surface area contributed by atoms with Gasteiger partial charge in [0, 0.05) is 24.5 Å². The number of halogens is 1. The first kappa shape index (κ1) is 22.2. The van der Waals surface area contributed by atoms with Crippen molar-refractivity contribution in [2.45, 2.75) is 31.6 Å². The molecule has 0 fully saturated rings. The van der Waals surface area contributed by atoms with Gasteiger partial charge in [0.1, 0.15) is 5.75 Å². The van der Waals surface area contributed by atoms with Crippen molar-refractivity contribution in [3.63, 3.8) is 0 Å². The monoisotopic (exact) mass is 424 g/mol. The van der Waals surface area contributed by atoms with E-state index in [1.807, 2.05) is 12.1 Å². The lowest BCUT2D eigenvalue weighted by Crippen LogP contribution is -2.30. The summed E-state index contributed by atoms with van der Waals surface area (Å²) in [5.41, 5.74) is 1.32. The Kier molecular flexibility index (Phi) is 7.86. The molecule has 0 radical (unpaired) electrons. The van der Waals surface area contributed by atoms with Crippen molar-refractivity contribution >= 4 is 33.2 Å². The highest BCUT2D eigenvalue weighted by Gasteiger charge is 2.23. The van der Waals surface area contributed by atoms with Crippen molar-refractivity contribution in [2.75, 3.05) is 25.5 Å². The highest BCUT2D eigenvalue weighted by atomic mass is 35.5. The number of ether oxygens (including phenoxy) is 1. The Balaban J connectivity index is 2.17. The second-order valence-corrected chi connectivity index (χ2v) is 8.50. The van der Waals surface area contributed by atoms with Crippen LogP contribution < -0.4 is 10.1 Å². The van der Waals surface area contributed by atoms with Gasteiger partial charge in [-0.05, 0) is 42.3 Å². The summed E-state index contributed by atoms with van der Waals surface area (Å²) >= 11 is 5.86. The zero-order valence-electron chi connectivity index (χ0n) is 16.2. The highest BCUT2D eigenvalue weighted by molar-refractivity contribution is 7.89. The number of nitrogens with one attached hydrogen (secondary N) is 1. The van der Waals surface area contributed by atoms with Crippen LogP contribution in [0.15, 0.2) is 47.4 Å². The molecule has 0 spiro atoms. The number of hydrogen-bond donors (Lipinski definition) is 1. The first-order valence-corrected chi connectivity index (χ1v) is 10.9. The maximum absolute atomic E-state index is 12.7. The van der Waals surface area contributed by atoms with E-state index in [1.54, 1.807) is 32.0 Å². The fourth-order valence-corrected chi connectivity index (χ4v) is 4.39. The number of aryl methyl sites for hydroxylation is 1. The summed E-state index contributed by atoms with van der Waals surface area (Å²) in [4.78, 5) is 12.5. The van der Waals surface area contributed by atoms with Crippen LogP contribution in [-0.2, 0) is 21.2 Å². The molecule has 1 amide bonds. The summed E-state index contributed by atoms with van der Waals surface area (Å²) in [6.07, 6.45) is 0.792. The average Bonchev–Trinajstić information content (AvgIpc) is 2.68. The van der Waals surface area contributed by atoms with Gasteiger partial charge in [0.15, 0.2) is 0 Å². The number of anilines is 1. The molecule has 8 heteroatoms. The summed E-state index contributed by atoms with van der Waals surface area (Å²) in [6.45, 7) is 4.30. The fraction of sp³-hybridized carbons (Fsp3) is 0.350. The molecule has 0 aliphatic rings. The molecule has 1 N–H and O–H groups in total. The number of sulfonamides is 1. The maximum Gasteiger partial charge on any atom is 0.243 e. The standard InChI is InChI=1S/C20H25ClN2O4S/c1-4-23(5-2)28(25,26)17-11-12-19(27-3)18(14-17)22-20(24)13-8-15-6-9-16(21)10-7-15/h6-7,9-12,14H,4-5,8,13H2,1-3H3,(H,22,24). The largest absolute Gasteiger partial charge is 0.495 e. The van der Waals surface area contributed by atoms with E-state index in [4.69, 9.17) is 16.3 Å². The number of hydrogen-bond acceptors (Lipinski definition) is 4. The Hall–Kier alpha value is -2.09. The molecule has 0 atom stereocenters. The number of carbonyl (C=O) groups is 1. The van der Waals surface area contributed by atoms with Crippen molar-refractivity contribution in [1.82, 2.24) is 4.31 Å². The Morgan fingerprint density at radius 3 is 2.32 bits per heavy atom. The van der Waals surface area contributed by atoms with Crippen molar-refractivity contribution < 1.29 is 17.9 Å². The van der Waals surface area contributed by atoms with Crippen LogP contribution in [-0.4, -0.2) is 38.8 Å². The van der Waals surface area contributed by atoms with Crippen LogP contribution in [0.2, 0.25) is 5.02 Å². The third kappa shape index (κ3) is 5.47. The van der Waals surface area contributed by atoms with E-state index in [2.05, 4.69) is 5.32 Å². The van der Waals surface area contributed by atoms with Gasteiger partial charge in [0.25, 0.3) is 0 Å². The second-order valence-electron chi connectivity index (χ2n) is 6.13. The lowest BCUT2D eigenvalue weighted by atomic mass is 10.1. The van der Waals surface area contributed by atoms with Gasteiger partial charge in [-0.3, -0.25) is 4.79 Å². The second kappa shape index (κ2) is 9.91. The third-order valence-corrected chi connectivity index (χ3v) is 6.64. The van der Waals surface area contributed by atoms with E-state index in [0.717, 1.165) is 5.56 Å². The van der Waals surface area contributed by atoms with Gasteiger partial charge < -0.3 is 10.1 Å². The van der Waals surface area contributed by atoms with Gasteiger partial charge in [0.05, 0.1) is 17.7 Å². The van der Waals surface area contributed by atoms with E-state index >= 15 is 0 Å². The lowest BCUT2D eigenvalue weighted by molar-refractivity contribution is -0.116. The van der Waals surface area contributed by atoms with E-state index in [1.165, 1.54) is 23.5 Å². The van der Waals surface area contributed by atoms with Gasteiger partial charge >= 0.3 is 0 Å². The Morgan fingerprint density at radius 1 is 1.11 bits per heavy atom. The van der Waals surface area contributed by atoms with E-state index < -0.39 is 10.0 Å². The Labute approximate surface area is 171 Å². The van der Waals surface area contributed by atoms with Gasteiger partial charge in [-0.1, -0.05) is 37.6 Å². The Bertz CT molecular complexity index is 910. The van der Waals surface area contributed by atoms with Crippen molar-refractivity contribution in [3.8, 4) is 5.75 Å². The van der Waals surface area contributed by atoms with E-state index in [0.29, 0.717) is 36.0 Å². The Morgan fingerprint density at radius 2 is 1.75 bits per heavy atom. The number of nitrogens with zero attached hydrogens (tertiary/aromatic N) is 1. The third-order valence-electron chi connectivity index (χ3n) is 4.34. The van der Waals surface area contributed by atoms with Gasteiger partial charge in [-0.25, -0.2) is 8.42 Å². The van der Waals surface area contributed by atoms with Gasteiger partial charge in [-0.2, -0.15) is 4.31 Å². The van der Waals surface area contributed by atoms with Gasteiger partial charge in [0.2, 0.25) is 15.9 Å². The van der Waals surface area contributed by atoms with Crippen molar-refractivity contribution in [2.24, 2.45) is 0 Å². The molecule has 0 saturated carbocycles. The molecule has 28 heavy (non-hydrogen) atoms. The smallest absolute Gasteiger partial charge is 0.243 e. The summed E-state index contributed by atoms with van der Waals surface area (Å²) in [5.74, 6) is 0.170. The summed E-state index contributed by atoms with van der Waals surface area (Å²) in [5, 5.41) is 3.40. The average molecular weight is 425 g/mol. The summed E-state index contributed by atoms with van der Waals surface area (Å²) in [6, 6.07) is 11.8. The molecule has 2 rings (SSSR count). The molecule has 0 aromatic heterocycles. The molecule has 0 aliphatic carbocycles. The minimum absolute atomic E-state index is 0.116. The van der Waals surface area contributed by atoms with E-state index in [9.17, 15) is 13.2 Å². The van der Waals surface area contributed by atoms with Crippen LogP contribution >= 0.6 is 11.6 Å². The quantitative estimate of drug-likeness (QED) is 0.661. The zero-order chi connectivity index (χ0) is 20.7. The van der Waals surface area contributed by atoms with Crippen molar-refractivity contribution in [1.29, 1.82) is 0 Å². The normalized spacial score (nSPS) is 11.5. The molecule has 2 aromatic carbocycles. The zero-order valence-corrected chi connectivity index (χ0v) is 17.8. The summed E-state index contributed by atoms with van der Waals surface area (Å²) in [7, 11) is -2.16. The summed E-state index contributed by atoms with van der Waals surface area (Å²) < 4.78 is 32.1. The van der Waals surface area contributed by atoms with E-state index in [-0.39, 0.29) is 17.2 Å². The molecular formula is C20H25ClN2O4S. The SMILES string of the molecule is CCN(CC)S(=O)(=O)c1ccc(OC)c(NC(=O)CCc2ccc(Cl)cc2)c1. The predicted molar refractivity (Wildman–Crippen MR) is 112 cm³/mol. The molecule has 0 heterocycles. The number of rotatable bonds is 9. The molecule has 2 aromatic rings. The van der Waals surface area contributed by atoms with Crippen LogP contribution in [0.3, 0.4) is 0 Å². The molecule has 6 nitrogen and oxygen atoms in total. The fourth-order valence-electron chi connectivity index (χ4n) is 2.78. The first-order valence-electron chi connectivity index (χ1n) is 9.04. The number of amides is 1. The predicted octanol–water partition coefficient (Wildman–Crippen LogP) is 3.95. The highest BCUT2D eigenvalue weighted by Crippen LogP contribution is 2.29. The van der Waals surface area contributed by atoms with Crippen LogP contribution in [0.1, 0.15) is 25.8 Å². The van der Waals surface area contributed by atoms with Crippen molar-refractivity contribution in [3.05, 3.63) is 53.1 Å². The lowest BCUT2D eigenvalue weighted by Gasteiger charge is -2.19. The number of methoxy groups -OCH3 is 1. The molecule has 0 unspecified atom stereocenters. The molecule has 0 saturated heterocycles. The van der Waals surface area contributed by atoms with Crippen LogP contribution in [0, 0.1) is 0 Å².